The second-order valence-electron chi connectivity index (χ2n) is 10.8. The minimum Gasteiger partial charge on any atom is -0.325 e. The molecule has 9 heteroatoms. The van der Waals surface area contributed by atoms with Gasteiger partial charge in [0.15, 0.2) is 0 Å². The maximum Gasteiger partial charge on any atom is 0.261 e. The van der Waals surface area contributed by atoms with E-state index in [1.54, 1.807) is 48.5 Å². The molecule has 1 unspecified atom stereocenters. The normalized spacial score (nSPS) is 18.0. The van der Waals surface area contributed by atoms with Crippen LogP contribution in [0.5, 0.6) is 0 Å². The molecule has 0 spiro atoms. The van der Waals surface area contributed by atoms with Crippen LogP contribution >= 0.6 is 0 Å². The van der Waals surface area contributed by atoms with Crippen molar-refractivity contribution in [3.8, 4) is 0 Å². The molecule has 0 saturated carbocycles. The second-order valence-corrected chi connectivity index (χ2v) is 12.4. The summed E-state index contributed by atoms with van der Waals surface area (Å²) in [5, 5.41) is 2.96. The van der Waals surface area contributed by atoms with Crippen LogP contribution in [-0.2, 0) is 21.4 Å². The van der Waals surface area contributed by atoms with E-state index in [0.717, 1.165) is 44.0 Å². The summed E-state index contributed by atoms with van der Waals surface area (Å²) in [5.74, 6) is -0.920. The number of nitrogens with one attached hydrogen (secondary N) is 2. The molecule has 2 aliphatic heterocycles. The van der Waals surface area contributed by atoms with Crippen LogP contribution in [0.1, 0.15) is 22.6 Å². The minimum absolute atomic E-state index is 0.166. The van der Waals surface area contributed by atoms with E-state index in [1.165, 1.54) is 5.56 Å². The minimum atomic E-state index is -3.79. The summed E-state index contributed by atoms with van der Waals surface area (Å²) in [4.78, 5) is 23.4. The zero-order valence-corrected chi connectivity index (χ0v) is 24.2. The van der Waals surface area contributed by atoms with Crippen molar-refractivity contribution >= 4 is 38.7 Å². The summed E-state index contributed by atoms with van der Waals surface area (Å²) >= 11 is 0. The van der Waals surface area contributed by atoms with Crippen LogP contribution in [0.15, 0.2) is 113 Å². The highest BCUT2D eigenvalue weighted by atomic mass is 32.2. The predicted octanol–water partition coefficient (Wildman–Crippen LogP) is 5.09. The van der Waals surface area contributed by atoms with Crippen LogP contribution in [-0.4, -0.2) is 63.1 Å². The topological polar surface area (TPSA) is 94.1 Å². The lowest BCUT2D eigenvalue weighted by molar-refractivity contribution is -0.115. The Balaban J connectivity index is 1.31. The Hall–Kier alpha value is -4.31. The first-order valence-electron chi connectivity index (χ1n) is 14.0. The fraction of sp³-hybridized carbons (Fsp3) is 0.212. The number of benzene rings is 4. The Labute approximate surface area is 246 Å². The van der Waals surface area contributed by atoms with E-state index in [1.807, 2.05) is 42.5 Å². The molecule has 0 aliphatic carbocycles. The van der Waals surface area contributed by atoms with Crippen molar-refractivity contribution < 1.29 is 13.2 Å². The summed E-state index contributed by atoms with van der Waals surface area (Å²) in [6.45, 7) is 5.14. The van der Waals surface area contributed by atoms with Crippen LogP contribution in [0, 0.1) is 0 Å². The van der Waals surface area contributed by atoms with E-state index in [4.69, 9.17) is 4.99 Å². The van der Waals surface area contributed by atoms with Crippen molar-refractivity contribution in [2.24, 2.45) is 4.99 Å². The summed E-state index contributed by atoms with van der Waals surface area (Å²) in [6, 6.07) is 31.1. The summed E-state index contributed by atoms with van der Waals surface area (Å²) in [5.41, 5.74) is 5.07. The summed E-state index contributed by atoms with van der Waals surface area (Å²) in [7, 11) is -1.64. The zero-order valence-electron chi connectivity index (χ0n) is 23.4. The molecule has 1 fully saturated rings. The molecule has 0 radical (unpaired) electrons. The molecule has 8 nitrogen and oxygen atoms in total. The zero-order chi connectivity index (χ0) is 29.1. The lowest BCUT2D eigenvalue weighted by Gasteiger charge is -2.32. The van der Waals surface area contributed by atoms with Gasteiger partial charge in [-0.2, -0.15) is 0 Å². The molecule has 4 aromatic carbocycles. The molecule has 6 rings (SSSR count). The Morgan fingerprint density at radius 3 is 2.24 bits per heavy atom. The third-order valence-electron chi connectivity index (χ3n) is 7.72. The molecule has 214 valence electrons. The van der Waals surface area contributed by atoms with Gasteiger partial charge in [-0.05, 0) is 66.2 Å². The molecule has 0 bridgehead atoms. The van der Waals surface area contributed by atoms with Gasteiger partial charge in [-0.25, -0.2) is 8.42 Å². The number of nitrogens with zero attached hydrogens (tertiary/aromatic N) is 3. The van der Waals surface area contributed by atoms with Gasteiger partial charge in [0, 0.05) is 44.1 Å². The number of sulfonamides is 1. The highest BCUT2D eigenvalue weighted by molar-refractivity contribution is 7.92. The van der Waals surface area contributed by atoms with Gasteiger partial charge in [-0.15, -0.1) is 0 Å². The average molecular weight is 580 g/mol. The third kappa shape index (κ3) is 6.13. The largest absolute Gasteiger partial charge is 0.325 e. The Morgan fingerprint density at radius 2 is 1.55 bits per heavy atom. The van der Waals surface area contributed by atoms with E-state index in [-0.39, 0.29) is 10.8 Å². The molecule has 2 N–H and O–H groups in total. The van der Waals surface area contributed by atoms with E-state index < -0.39 is 15.9 Å². The van der Waals surface area contributed by atoms with Crippen molar-refractivity contribution in [2.45, 2.75) is 17.4 Å². The number of likely N-dealkylation sites (N-methyl/N-ethyl adjacent to an activating group) is 1. The van der Waals surface area contributed by atoms with Crippen molar-refractivity contribution in [3.05, 3.63) is 120 Å². The summed E-state index contributed by atoms with van der Waals surface area (Å²) in [6.07, 6.45) is 0. The van der Waals surface area contributed by atoms with E-state index in [0.29, 0.717) is 22.6 Å². The van der Waals surface area contributed by atoms with Gasteiger partial charge in [0.05, 0.1) is 16.3 Å². The molecule has 2 aliphatic rings. The molecular formula is C33H33N5O3S. The molecular weight excluding hydrogens is 546 g/mol. The van der Waals surface area contributed by atoms with Gasteiger partial charge in [0.2, 0.25) is 5.91 Å². The van der Waals surface area contributed by atoms with Gasteiger partial charge >= 0.3 is 0 Å². The van der Waals surface area contributed by atoms with E-state index >= 15 is 0 Å². The first-order valence-corrected chi connectivity index (χ1v) is 15.5. The van der Waals surface area contributed by atoms with Crippen molar-refractivity contribution in [1.82, 2.24) is 9.80 Å². The van der Waals surface area contributed by atoms with Crippen LogP contribution in [0.3, 0.4) is 0 Å². The molecule has 2 heterocycles. The number of aliphatic imine (C=N–C) groups is 1. The van der Waals surface area contributed by atoms with Gasteiger partial charge in [0.25, 0.3) is 10.0 Å². The second kappa shape index (κ2) is 11.9. The van der Waals surface area contributed by atoms with Crippen LogP contribution in [0.2, 0.25) is 0 Å². The Kier molecular flexibility index (Phi) is 7.88. The fourth-order valence-electron chi connectivity index (χ4n) is 5.39. The predicted molar refractivity (Wildman–Crippen MR) is 167 cm³/mol. The maximum absolute atomic E-state index is 13.4. The smallest absolute Gasteiger partial charge is 0.261 e. The summed E-state index contributed by atoms with van der Waals surface area (Å²) < 4.78 is 28.6. The SMILES string of the molecule is CN1CCN(Cc2ccc(N=C(c3ccccc3)C3C(=O)Nc4ccc(NS(=O)(=O)c5ccccc5)cc43)cc2)CC1. The molecule has 0 aromatic heterocycles. The number of hydrogen-bond donors (Lipinski definition) is 2. The number of anilines is 2. The van der Waals surface area contributed by atoms with Gasteiger partial charge < -0.3 is 10.2 Å². The lowest BCUT2D eigenvalue weighted by Crippen LogP contribution is -2.43. The van der Waals surface area contributed by atoms with Crippen LogP contribution in [0.4, 0.5) is 17.1 Å². The first-order chi connectivity index (χ1) is 20.4. The van der Waals surface area contributed by atoms with Gasteiger partial charge in [-0.3, -0.25) is 19.4 Å². The highest BCUT2D eigenvalue weighted by Crippen LogP contribution is 2.38. The fourth-order valence-corrected chi connectivity index (χ4v) is 6.46. The number of carbonyl (C=O) groups excluding carboxylic acids is 1. The third-order valence-corrected chi connectivity index (χ3v) is 9.12. The maximum atomic E-state index is 13.4. The number of fused-ring (bicyclic) bond motifs is 1. The first kappa shape index (κ1) is 27.8. The number of piperazine rings is 1. The Morgan fingerprint density at radius 1 is 0.881 bits per heavy atom. The molecule has 1 amide bonds. The monoisotopic (exact) mass is 579 g/mol. The molecule has 4 aromatic rings. The quantitative estimate of drug-likeness (QED) is 0.284. The average Bonchev–Trinajstić information content (AvgIpc) is 3.33. The standard InChI is InChI=1S/C33H33N5O3S/c1-37-18-20-38(21-19-37)23-24-12-14-26(15-13-24)34-32(25-8-4-2-5-9-25)31-29-22-27(16-17-30(29)35-33(31)39)36-42(40,41)28-10-6-3-7-11-28/h2-17,22,31,36H,18-21,23H2,1H3,(H,35,39). The van der Waals surface area contributed by atoms with Crippen molar-refractivity contribution in [1.29, 1.82) is 0 Å². The molecule has 1 saturated heterocycles. The number of rotatable bonds is 8. The lowest BCUT2D eigenvalue weighted by atomic mass is 9.90. The highest BCUT2D eigenvalue weighted by Gasteiger charge is 2.36. The van der Waals surface area contributed by atoms with Crippen molar-refractivity contribution in [2.75, 3.05) is 43.3 Å². The van der Waals surface area contributed by atoms with E-state index in [9.17, 15) is 13.2 Å². The van der Waals surface area contributed by atoms with E-state index in [2.05, 4.69) is 39.0 Å². The molecule has 42 heavy (non-hydrogen) atoms. The van der Waals surface area contributed by atoms with Gasteiger partial charge in [0.1, 0.15) is 5.92 Å². The number of hydrogen-bond acceptors (Lipinski definition) is 6. The van der Waals surface area contributed by atoms with Crippen LogP contribution < -0.4 is 10.0 Å². The number of carbonyl (C=O) groups is 1. The van der Waals surface area contributed by atoms with Gasteiger partial charge in [-0.1, -0.05) is 60.7 Å². The van der Waals surface area contributed by atoms with Crippen LogP contribution in [0.25, 0.3) is 0 Å². The number of amides is 1. The Bertz CT molecular complexity index is 1700. The van der Waals surface area contributed by atoms with Crippen molar-refractivity contribution in [3.63, 3.8) is 0 Å². The molecule has 1 atom stereocenters.